The van der Waals surface area contributed by atoms with Crippen molar-refractivity contribution in [1.82, 2.24) is 19.9 Å². The Morgan fingerprint density at radius 1 is 1.53 bits per heavy atom. The lowest BCUT2D eigenvalue weighted by Crippen LogP contribution is -2.22. The van der Waals surface area contributed by atoms with Crippen LogP contribution < -0.4 is 4.90 Å². The highest BCUT2D eigenvalue weighted by atomic mass is 35.5. The Balaban J connectivity index is 1.94. The maximum Gasteiger partial charge on any atom is 0.226 e. The molecule has 0 aliphatic heterocycles. The molecule has 2 atom stereocenters. The normalized spacial score (nSPS) is 23.0. The van der Waals surface area contributed by atoms with E-state index in [4.69, 9.17) is 11.6 Å². The third-order valence-electron chi connectivity index (χ3n) is 3.39. The van der Waals surface area contributed by atoms with Gasteiger partial charge in [0.05, 0.1) is 6.33 Å². The van der Waals surface area contributed by atoms with E-state index in [1.807, 2.05) is 7.05 Å². The third kappa shape index (κ3) is 1.95. The summed E-state index contributed by atoms with van der Waals surface area (Å²) in [6, 6.07) is 0. The van der Waals surface area contributed by atoms with Gasteiger partial charge < -0.3 is 9.88 Å². The molecule has 1 aliphatic carbocycles. The summed E-state index contributed by atoms with van der Waals surface area (Å²) in [6.45, 7) is 3.28. The molecule has 3 rings (SSSR count). The number of halogens is 1. The SMILES string of the molecule is CC1CC1CN(C)c1nc(Cl)nc2nc[nH]c12. The van der Waals surface area contributed by atoms with Gasteiger partial charge in [0.1, 0.15) is 5.52 Å². The number of hydrogen-bond acceptors (Lipinski definition) is 4. The van der Waals surface area contributed by atoms with E-state index < -0.39 is 0 Å². The van der Waals surface area contributed by atoms with Crippen molar-refractivity contribution in [3.05, 3.63) is 11.6 Å². The standard InChI is InChI=1S/C11H14ClN5/c1-6-3-7(6)4-17(2)10-8-9(14-5-13-8)15-11(12)16-10/h5-7H,3-4H2,1-2H3,(H,13,14,15,16). The molecule has 2 unspecified atom stereocenters. The number of anilines is 1. The summed E-state index contributed by atoms with van der Waals surface area (Å²) in [5.41, 5.74) is 1.47. The summed E-state index contributed by atoms with van der Waals surface area (Å²) in [7, 11) is 2.03. The highest BCUT2D eigenvalue weighted by Gasteiger charge is 2.33. The molecule has 0 amide bonds. The second-order valence-corrected chi connectivity index (χ2v) is 5.11. The zero-order valence-corrected chi connectivity index (χ0v) is 10.6. The fourth-order valence-electron chi connectivity index (χ4n) is 2.16. The molecule has 2 aromatic rings. The van der Waals surface area contributed by atoms with Crippen molar-refractivity contribution in [3.8, 4) is 0 Å². The molecule has 6 heteroatoms. The Morgan fingerprint density at radius 2 is 2.29 bits per heavy atom. The lowest BCUT2D eigenvalue weighted by atomic mass is 10.3. The Hall–Kier alpha value is -1.36. The molecule has 1 saturated carbocycles. The van der Waals surface area contributed by atoms with Crippen LogP contribution in [0.4, 0.5) is 5.82 Å². The number of nitrogens with zero attached hydrogens (tertiary/aromatic N) is 4. The molecule has 0 spiro atoms. The fraction of sp³-hybridized carbons (Fsp3) is 0.545. The minimum absolute atomic E-state index is 0.246. The van der Waals surface area contributed by atoms with E-state index in [1.165, 1.54) is 6.42 Å². The average Bonchev–Trinajstić information content (AvgIpc) is 2.78. The monoisotopic (exact) mass is 251 g/mol. The summed E-state index contributed by atoms with van der Waals surface area (Å²) in [4.78, 5) is 17.7. The first-order chi connectivity index (χ1) is 8.15. The summed E-state index contributed by atoms with van der Waals surface area (Å²) in [5, 5.41) is 0.246. The minimum atomic E-state index is 0.246. The van der Waals surface area contributed by atoms with Gasteiger partial charge in [-0.1, -0.05) is 6.92 Å². The lowest BCUT2D eigenvalue weighted by molar-refractivity contribution is 0.720. The zero-order chi connectivity index (χ0) is 12.0. The molecule has 0 saturated heterocycles. The van der Waals surface area contributed by atoms with Crippen LogP contribution in [0.1, 0.15) is 13.3 Å². The molecule has 0 aromatic carbocycles. The van der Waals surface area contributed by atoms with Crippen molar-refractivity contribution in [3.63, 3.8) is 0 Å². The third-order valence-corrected chi connectivity index (χ3v) is 3.55. The number of aromatic nitrogens is 4. The maximum atomic E-state index is 5.90. The van der Waals surface area contributed by atoms with Crippen LogP contribution >= 0.6 is 11.6 Å². The number of hydrogen-bond donors (Lipinski definition) is 1. The molecule has 2 aromatic heterocycles. The smallest absolute Gasteiger partial charge is 0.226 e. The van der Waals surface area contributed by atoms with Gasteiger partial charge in [-0.25, -0.2) is 4.98 Å². The van der Waals surface area contributed by atoms with Crippen LogP contribution in [0.2, 0.25) is 5.28 Å². The Morgan fingerprint density at radius 3 is 3.00 bits per heavy atom. The molecule has 1 fully saturated rings. The predicted octanol–water partition coefficient (Wildman–Crippen LogP) is 2.10. The van der Waals surface area contributed by atoms with E-state index in [1.54, 1.807) is 6.33 Å². The molecule has 0 bridgehead atoms. The van der Waals surface area contributed by atoms with Crippen LogP contribution in [0.15, 0.2) is 6.33 Å². The maximum absolute atomic E-state index is 5.90. The van der Waals surface area contributed by atoms with E-state index >= 15 is 0 Å². The largest absolute Gasteiger partial charge is 0.357 e. The highest BCUT2D eigenvalue weighted by molar-refractivity contribution is 6.28. The second kappa shape index (κ2) is 3.84. The van der Waals surface area contributed by atoms with E-state index in [9.17, 15) is 0 Å². The molecule has 90 valence electrons. The molecule has 0 radical (unpaired) electrons. The van der Waals surface area contributed by atoms with E-state index in [0.29, 0.717) is 5.65 Å². The van der Waals surface area contributed by atoms with Crippen LogP contribution in [-0.4, -0.2) is 33.5 Å². The van der Waals surface area contributed by atoms with Crippen molar-refractivity contribution < 1.29 is 0 Å². The first-order valence-corrected chi connectivity index (χ1v) is 6.10. The van der Waals surface area contributed by atoms with Crippen molar-refractivity contribution in [1.29, 1.82) is 0 Å². The Kier molecular flexibility index (Phi) is 2.43. The molecule has 2 heterocycles. The minimum Gasteiger partial charge on any atom is -0.357 e. The van der Waals surface area contributed by atoms with Gasteiger partial charge in [0, 0.05) is 13.6 Å². The average molecular weight is 252 g/mol. The lowest BCUT2D eigenvalue weighted by Gasteiger charge is -2.18. The van der Waals surface area contributed by atoms with E-state index in [0.717, 1.165) is 29.7 Å². The predicted molar refractivity (Wildman–Crippen MR) is 67.2 cm³/mol. The second-order valence-electron chi connectivity index (χ2n) is 4.77. The Labute approximate surface area is 104 Å². The molecule has 1 aliphatic rings. The number of imidazole rings is 1. The summed E-state index contributed by atoms with van der Waals surface area (Å²) in [5.74, 6) is 2.43. The van der Waals surface area contributed by atoms with Crippen LogP contribution in [0, 0.1) is 11.8 Å². The van der Waals surface area contributed by atoms with Crippen molar-refractivity contribution in [2.45, 2.75) is 13.3 Å². The van der Waals surface area contributed by atoms with Crippen molar-refractivity contribution >= 4 is 28.6 Å². The van der Waals surface area contributed by atoms with Gasteiger partial charge in [0.25, 0.3) is 0 Å². The quantitative estimate of drug-likeness (QED) is 0.849. The van der Waals surface area contributed by atoms with E-state index in [2.05, 4.69) is 31.8 Å². The zero-order valence-electron chi connectivity index (χ0n) is 9.81. The number of fused-ring (bicyclic) bond motifs is 1. The first-order valence-electron chi connectivity index (χ1n) is 5.73. The van der Waals surface area contributed by atoms with Crippen LogP contribution in [0.5, 0.6) is 0 Å². The summed E-state index contributed by atoms with van der Waals surface area (Å²) < 4.78 is 0. The van der Waals surface area contributed by atoms with Crippen molar-refractivity contribution in [2.24, 2.45) is 11.8 Å². The molecule has 5 nitrogen and oxygen atoms in total. The van der Waals surface area contributed by atoms with Crippen LogP contribution in [-0.2, 0) is 0 Å². The molecular weight excluding hydrogens is 238 g/mol. The van der Waals surface area contributed by atoms with Crippen LogP contribution in [0.25, 0.3) is 11.2 Å². The first kappa shape index (κ1) is 10.8. The Bertz CT molecular complexity index is 552. The van der Waals surface area contributed by atoms with Gasteiger partial charge in [-0.05, 0) is 29.9 Å². The molecule has 17 heavy (non-hydrogen) atoms. The van der Waals surface area contributed by atoms with Gasteiger partial charge >= 0.3 is 0 Å². The van der Waals surface area contributed by atoms with Gasteiger partial charge in [-0.15, -0.1) is 0 Å². The number of nitrogens with one attached hydrogen (secondary N) is 1. The van der Waals surface area contributed by atoms with Gasteiger partial charge in [0.2, 0.25) is 5.28 Å². The van der Waals surface area contributed by atoms with Crippen LogP contribution in [0.3, 0.4) is 0 Å². The van der Waals surface area contributed by atoms with Gasteiger partial charge in [0.15, 0.2) is 11.5 Å². The summed E-state index contributed by atoms with van der Waals surface area (Å²) >= 11 is 5.90. The number of aromatic amines is 1. The fourth-order valence-corrected chi connectivity index (χ4v) is 2.32. The number of H-pyrrole nitrogens is 1. The number of rotatable bonds is 3. The molecular formula is C11H14ClN5. The topological polar surface area (TPSA) is 57.7 Å². The van der Waals surface area contributed by atoms with E-state index in [-0.39, 0.29) is 5.28 Å². The molecule has 1 N–H and O–H groups in total. The van der Waals surface area contributed by atoms with Gasteiger partial charge in [-0.2, -0.15) is 9.97 Å². The highest BCUT2D eigenvalue weighted by Crippen LogP contribution is 2.39. The van der Waals surface area contributed by atoms with Gasteiger partial charge in [-0.3, -0.25) is 0 Å². The van der Waals surface area contributed by atoms with Crippen molar-refractivity contribution in [2.75, 3.05) is 18.5 Å². The summed E-state index contributed by atoms with van der Waals surface area (Å²) in [6.07, 6.45) is 2.92.